The van der Waals surface area contributed by atoms with Crippen LogP contribution in [0, 0.1) is 0 Å². The van der Waals surface area contributed by atoms with E-state index in [0.29, 0.717) is 17.3 Å². The number of amides is 2. The van der Waals surface area contributed by atoms with Crippen LogP contribution in [0.15, 0.2) is 23.1 Å². The van der Waals surface area contributed by atoms with Crippen LogP contribution >= 0.6 is 11.8 Å². The van der Waals surface area contributed by atoms with Crippen molar-refractivity contribution in [3.8, 4) is 11.5 Å². The smallest absolute Gasteiger partial charge is 0.344 e. The first-order valence-corrected chi connectivity index (χ1v) is 9.53. The third kappa shape index (κ3) is 4.89. The van der Waals surface area contributed by atoms with Crippen molar-refractivity contribution in [2.75, 3.05) is 13.7 Å². The minimum Gasteiger partial charge on any atom is -0.493 e. The minimum absolute atomic E-state index is 0.0622. The van der Waals surface area contributed by atoms with Crippen LogP contribution < -0.4 is 9.47 Å². The summed E-state index contributed by atoms with van der Waals surface area (Å²) in [7, 11) is 1.40. The van der Waals surface area contributed by atoms with Crippen LogP contribution in [0.2, 0.25) is 0 Å². The van der Waals surface area contributed by atoms with Gasteiger partial charge in [-0.3, -0.25) is 14.5 Å². The molecule has 2 rings (SSSR count). The lowest BCUT2D eigenvalue weighted by atomic mass is 10.1. The summed E-state index contributed by atoms with van der Waals surface area (Å²) in [5, 5.41) is 8.51. The van der Waals surface area contributed by atoms with Crippen LogP contribution in [0.5, 0.6) is 11.5 Å². The molecule has 29 heavy (non-hydrogen) atoms. The fraction of sp³-hybridized carbons (Fsp3) is 0.368. The van der Waals surface area contributed by atoms with E-state index < -0.39 is 35.2 Å². The normalized spacial score (nSPS) is 17.2. The number of carboxylic acids is 1. The Hall–Kier alpha value is -3.01. The van der Waals surface area contributed by atoms with E-state index in [1.54, 1.807) is 25.1 Å². The highest BCUT2D eigenvalue weighted by Crippen LogP contribution is 2.38. The van der Waals surface area contributed by atoms with Crippen molar-refractivity contribution in [1.82, 2.24) is 4.90 Å². The summed E-state index contributed by atoms with van der Waals surface area (Å²) >= 11 is 0.666. The molecule has 1 fully saturated rings. The Balaban J connectivity index is 2.39. The molecule has 1 aromatic rings. The lowest BCUT2D eigenvalue weighted by Crippen LogP contribution is -2.42. The summed E-state index contributed by atoms with van der Waals surface area (Å²) in [5.41, 5.74) is 0.353. The number of esters is 1. The molecule has 0 bridgehead atoms. The topological polar surface area (TPSA) is 119 Å². The van der Waals surface area contributed by atoms with Crippen molar-refractivity contribution in [1.29, 1.82) is 0 Å². The maximum Gasteiger partial charge on any atom is 0.344 e. The number of methoxy groups -OCH3 is 1. The van der Waals surface area contributed by atoms with Gasteiger partial charge in [0.15, 0.2) is 17.6 Å². The number of carbonyl (C=O) groups is 4. The lowest BCUT2D eigenvalue weighted by molar-refractivity contribution is -0.150. The molecule has 1 N–H and O–H groups in total. The molecule has 0 saturated carbocycles. The molecule has 0 aromatic heterocycles. The van der Waals surface area contributed by atoms with Crippen molar-refractivity contribution in [2.45, 2.75) is 32.9 Å². The predicted molar refractivity (Wildman–Crippen MR) is 105 cm³/mol. The van der Waals surface area contributed by atoms with Gasteiger partial charge in [0.05, 0.1) is 18.6 Å². The van der Waals surface area contributed by atoms with Crippen molar-refractivity contribution in [2.24, 2.45) is 0 Å². The molecular weight excluding hydrogens is 402 g/mol. The fourth-order valence-corrected chi connectivity index (χ4v) is 3.38. The van der Waals surface area contributed by atoms with Crippen LogP contribution in [0.1, 0.15) is 26.3 Å². The largest absolute Gasteiger partial charge is 0.493 e. The second-order valence-corrected chi connectivity index (χ2v) is 6.95. The first-order valence-electron chi connectivity index (χ1n) is 8.71. The Morgan fingerprint density at radius 3 is 2.55 bits per heavy atom. The van der Waals surface area contributed by atoms with Gasteiger partial charge in [0, 0.05) is 5.56 Å². The molecular formula is C19H21NO8S. The van der Waals surface area contributed by atoms with Gasteiger partial charge in [-0.15, -0.1) is 0 Å². The number of para-hydroxylation sites is 1. The molecule has 10 heteroatoms. The number of ether oxygens (including phenoxy) is 3. The van der Waals surface area contributed by atoms with E-state index in [4.69, 9.17) is 19.3 Å². The zero-order valence-electron chi connectivity index (χ0n) is 16.3. The number of benzene rings is 1. The molecule has 0 spiro atoms. The van der Waals surface area contributed by atoms with Crippen molar-refractivity contribution in [3.05, 3.63) is 28.7 Å². The Morgan fingerprint density at radius 1 is 1.28 bits per heavy atom. The molecule has 1 aromatic carbocycles. The number of nitrogens with zero attached hydrogens (tertiary/aromatic N) is 1. The van der Waals surface area contributed by atoms with Gasteiger partial charge < -0.3 is 19.3 Å². The molecule has 1 aliphatic rings. The highest BCUT2D eigenvalue weighted by Gasteiger charge is 2.41. The summed E-state index contributed by atoms with van der Waals surface area (Å²) in [5.74, 6) is -2.12. The average Bonchev–Trinajstić information content (AvgIpc) is 2.95. The quantitative estimate of drug-likeness (QED) is 0.497. The van der Waals surface area contributed by atoms with Crippen molar-refractivity contribution < 1.29 is 38.5 Å². The molecule has 0 aliphatic carbocycles. The second-order valence-electron chi connectivity index (χ2n) is 5.96. The van der Waals surface area contributed by atoms with Gasteiger partial charge in [0.2, 0.25) is 0 Å². The zero-order valence-corrected chi connectivity index (χ0v) is 17.1. The van der Waals surface area contributed by atoms with E-state index >= 15 is 0 Å². The maximum atomic E-state index is 12.7. The number of imide groups is 1. The number of hydrogen-bond acceptors (Lipinski definition) is 8. The van der Waals surface area contributed by atoms with Crippen molar-refractivity contribution in [3.63, 3.8) is 0 Å². The number of carbonyl (C=O) groups excluding carboxylic acids is 3. The SMILES string of the molecule is CCOC(=O)[C@@H](C)N1C(=O)S/C(=C/c2cccc(OC)c2O[C@@H](C)C(=O)O)C1=O. The number of carboxylic acid groups (broad SMARTS) is 1. The van der Waals surface area contributed by atoms with Gasteiger partial charge in [-0.2, -0.15) is 0 Å². The van der Waals surface area contributed by atoms with E-state index in [1.807, 2.05) is 0 Å². The Morgan fingerprint density at radius 2 is 1.97 bits per heavy atom. The minimum atomic E-state index is -1.18. The second kappa shape index (κ2) is 9.46. The predicted octanol–water partition coefficient (Wildman–Crippen LogP) is 2.54. The standard InChI is InChI=1S/C19H21NO8S/c1-5-27-18(24)10(2)20-16(21)14(29-19(20)25)9-12-7-6-8-13(26-4)15(12)28-11(3)17(22)23/h6-11H,5H2,1-4H3,(H,22,23)/b14-9+/t10-,11+/m1/s1. The summed E-state index contributed by atoms with van der Waals surface area (Å²) in [6, 6.07) is 3.74. The van der Waals surface area contributed by atoms with Gasteiger partial charge in [0.25, 0.3) is 11.1 Å². The fourth-order valence-electron chi connectivity index (χ4n) is 2.48. The monoisotopic (exact) mass is 423 g/mol. The van der Waals surface area contributed by atoms with E-state index in [-0.39, 0.29) is 23.0 Å². The molecule has 1 aliphatic heterocycles. The number of aliphatic carboxylic acids is 1. The van der Waals surface area contributed by atoms with Crippen LogP contribution in [0.25, 0.3) is 6.08 Å². The summed E-state index contributed by atoms with van der Waals surface area (Å²) < 4.78 is 15.6. The molecule has 2 atom stereocenters. The summed E-state index contributed by atoms with van der Waals surface area (Å²) in [6.07, 6.45) is 0.229. The molecule has 2 amide bonds. The van der Waals surface area contributed by atoms with Gasteiger partial charge >= 0.3 is 11.9 Å². The van der Waals surface area contributed by atoms with Gasteiger partial charge in [0.1, 0.15) is 6.04 Å². The van der Waals surface area contributed by atoms with Crippen LogP contribution in [-0.2, 0) is 19.1 Å². The molecule has 1 saturated heterocycles. The zero-order chi connectivity index (χ0) is 21.7. The van der Waals surface area contributed by atoms with Gasteiger partial charge in [-0.25, -0.2) is 9.59 Å². The number of rotatable bonds is 8. The van der Waals surface area contributed by atoms with E-state index in [9.17, 15) is 19.2 Å². The molecule has 1 heterocycles. The van der Waals surface area contributed by atoms with Crippen LogP contribution in [0.4, 0.5) is 4.79 Å². The first-order chi connectivity index (χ1) is 13.7. The first kappa shape index (κ1) is 22.3. The Labute approximate surface area is 171 Å². The Bertz CT molecular complexity index is 866. The van der Waals surface area contributed by atoms with Crippen molar-refractivity contribution >= 4 is 40.9 Å². The van der Waals surface area contributed by atoms with Crippen LogP contribution in [0.3, 0.4) is 0 Å². The highest BCUT2D eigenvalue weighted by atomic mass is 32.2. The molecule has 9 nitrogen and oxygen atoms in total. The number of thioether (sulfide) groups is 1. The third-order valence-electron chi connectivity index (χ3n) is 4.00. The van der Waals surface area contributed by atoms with Gasteiger partial charge in [-0.1, -0.05) is 12.1 Å². The lowest BCUT2D eigenvalue weighted by Gasteiger charge is -2.19. The maximum absolute atomic E-state index is 12.7. The van der Waals surface area contributed by atoms with E-state index in [0.717, 1.165) is 4.90 Å². The van der Waals surface area contributed by atoms with Crippen LogP contribution in [-0.4, -0.2) is 59.0 Å². The highest BCUT2D eigenvalue weighted by molar-refractivity contribution is 8.18. The summed E-state index contributed by atoms with van der Waals surface area (Å²) in [4.78, 5) is 49.0. The third-order valence-corrected chi connectivity index (χ3v) is 4.88. The Kier molecular flexibility index (Phi) is 7.27. The van der Waals surface area contributed by atoms with E-state index in [1.165, 1.54) is 27.0 Å². The van der Waals surface area contributed by atoms with E-state index in [2.05, 4.69) is 0 Å². The average molecular weight is 423 g/mol. The number of hydrogen-bond donors (Lipinski definition) is 1. The summed E-state index contributed by atoms with van der Waals surface area (Å²) in [6.45, 7) is 4.52. The van der Waals surface area contributed by atoms with Gasteiger partial charge in [-0.05, 0) is 44.7 Å². The molecule has 0 radical (unpaired) electrons. The molecule has 0 unspecified atom stereocenters. The molecule has 156 valence electrons.